The fourth-order valence-corrected chi connectivity index (χ4v) is 3.21. The second-order valence-electron chi connectivity index (χ2n) is 7.36. The fourth-order valence-electron chi connectivity index (χ4n) is 3.21. The zero-order valence-corrected chi connectivity index (χ0v) is 17.6. The maximum atomic E-state index is 13.1. The van der Waals surface area contributed by atoms with Gasteiger partial charge < -0.3 is 15.7 Å². The summed E-state index contributed by atoms with van der Waals surface area (Å²) >= 11 is 0. The molecule has 0 aliphatic carbocycles. The molecule has 3 rings (SSSR count). The lowest BCUT2D eigenvalue weighted by Gasteiger charge is -2.18. The van der Waals surface area contributed by atoms with Crippen molar-refractivity contribution in [3.05, 3.63) is 107 Å². The van der Waals surface area contributed by atoms with Crippen molar-refractivity contribution < 1.29 is 14.7 Å². The zero-order valence-electron chi connectivity index (χ0n) is 17.6. The number of phenols is 1. The number of carbonyl (C=O) groups is 2. The second-order valence-corrected chi connectivity index (χ2v) is 7.36. The normalized spacial score (nSPS) is 12.3. The van der Waals surface area contributed by atoms with Gasteiger partial charge in [0.15, 0.2) is 0 Å². The topological polar surface area (TPSA) is 78.4 Å². The van der Waals surface area contributed by atoms with Crippen molar-refractivity contribution in [3.8, 4) is 5.75 Å². The second kappa shape index (κ2) is 10.3. The summed E-state index contributed by atoms with van der Waals surface area (Å²) in [5.74, 6) is -0.917. The van der Waals surface area contributed by atoms with Crippen LogP contribution in [0.4, 0.5) is 0 Å². The molecule has 0 saturated heterocycles. The van der Waals surface area contributed by atoms with Crippen molar-refractivity contribution in [1.29, 1.82) is 0 Å². The van der Waals surface area contributed by atoms with E-state index in [2.05, 4.69) is 10.6 Å². The van der Waals surface area contributed by atoms with Crippen LogP contribution in [0.2, 0.25) is 0 Å². The van der Waals surface area contributed by atoms with Crippen LogP contribution in [0.15, 0.2) is 90.5 Å². The van der Waals surface area contributed by atoms with Crippen LogP contribution in [0.25, 0.3) is 6.08 Å². The highest BCUT2D eigenvalue weighted by molar-refractivity contribution is 6.21. The van der Waals surface area contributed by atoms with Gasteiger partial charge in [-0.1, -0.05) is 72.8 Å². The molecule has 0 bridgehead atoms. The molecule has 0 saturated carbocycles. The minimum Gasteiger partial charge on any atom is -0.508 e. The third kappa shape index (κ3) is 6.06. The van der Waals surface area contributed by atoms with Crippen LogP contribution in [-0.4, -0.2) is 16.9 Å². The Kier molecular flexibility index (Phi) is 7.22. The molecule has 5 nitrogen and oxygen atoms in total. The molecule has 2 amide bonds. The van der Waals surface area contributed by atoms with E-state index < -0.39 is 11.8 Å². The number of benzene rings is 3. The summed E-state index contributed by atoms with van der Waals surface area (Å²) in [6, 6.07) is 24.9. The summed E-state index contributed by atoms with van der Waals surface area (Å²) in [4.78, 5) is 26.1. The molecule has 0 fully saturated rings. The first-order chi connectivity index (χ1) is 14.9. The predicted molar refractivity (Wildman–Crippen MR) is 122 cm³/mol. The van der Waals surface area contributed by atoms with Gasteiger partial charge in [0, 0.05) is 0 Å². The summed E-state index contributed by atoms with van der Waals surface area (Å²) in [5.41, 5.74) is 2.40. The highest BCUT2D eigenvalue weighted by Crippen LogP contribution is 2.18. The van der Waals surface area contributed by atoms with Crippen molar-refractivity contribution in [2.75, 3.05) is 0 Å². The molecule has 2 atom stereocenters. The van der Waals surface area contributed by atoms with Crippen LogP contribution < -0.4 is 10.6 Å². The Labute approximate surface area is 182 Å². The van der Waals surface area contributed by atoms with Gasteiger partial charge in [-0.3, -0.25) is 9.59 Å². The molecule has 0 aliphatic heterocycles. The van der Waals surface area contributed by atoms with Gasteiger partial charge in [0.25, 0.3) is 11.8 Å². The molecule has 2 unspecified atom stereocenters. The smallest absolute Gasteiger partial charge is 0.257 e. The van der Waals surface area contributed by atoms with Gasteiger partial charge in [-0.2, -0.15) is 0 Å². The van der Waals surface area contributed by atoms with Gasteiger partial charge in [-0.15, -0.1) is 0 Å². The molecule has 0 spiro atoms. The molecule has 0 radical (unpaired) electrons. The van der Waals surface area contributed by atoms with Gasteiger partial charge >= 0.3 is 0 Å². The van der Waals surface area contributed by atoms with Crippen molar-refractivity contribution in [3.63, 3.8) is 0 Å². The van der Waals surface area contributed by atoms with Crippen molar-refractivity contribution >= 4 is 17.9 Å². The summed E-state index contributed by atoms with van der Waals surface area (Å²) in [6.07, 6.45) is 1.49. The number of rotatable bonds is 7. The molecule has 3 aromatic rings. The highest BCUT2D eigenvalue weighted by Gasteiger charge is 2.22. The quantitative estimate of drug-likeness (QED) is 0.302. The average Bonchev–Trinajstić information content (AvgIpc) is 2.78. The molecule has 0 aliphatic rings. The van der Waals surface area contributed by atoms with Crippen LogP contribution in [0, 0.1) is 0 Å². The van der Waals surface area contributed by atoms with E-state index in [4.69, 9.17) is 0 Å². The number of hydrogen-bond acceptors (Lipinski definition) is 3. The van der Waals surface area contributed by atoms with Crippen molar-refractivity contribution in [1.82, 2.24) is 10.6 Å². The number of phenolic OH excluding ortho intramolecular Hbond substituents is 1. The molecule has 3 N–H and O–H groups in total. The number of nitrogens with one attached hydrogen (secondary N) is 2. The van der Waals surface area contributed by atoms with E-state index in [1.165, 1.54) is 18.2 Å². The van der Waals surface area contributed by atoms with Crippen LogP contribution in [0.1, 0.15) is 42.6 Å². The minimum absolute atomic E-state index is 0.0313. The third-order valence-corrected chi connectivity index (χ3v) is 4.96. The van der Waals surface area contributed by atoms with E-state index in [0.717, 1.165) is 11.1 Å². The largest absolute Gasteiger partial charge is 0.508 e. The fraction of sp³-hybridized carbons (Fsp3) is 0.154. The summed E-state index contributed by atoms with van der Waals surface area (Å²) < 4.78 is 0. The van der Waals surface area contributed by atoms with Gasteiger partial charge in [-0.05, 0) is 48.7 Å². The van der Waals surface area contributed by atoms with Gasteiger partial charge in [-0.25, -0.2) is 0 Å². The lowest BCUT2D eigenvalue weighted by atomic mass is 10.0. The van der Waals surface area contributed by atoms with Crippen LogP contribution in [-0.2, 0) is 9.59 Å². The molecule has 0 aromatic heterocycles. The summed E-state index contributed by atoms with van der Waals surface area (Å²) in [7, 11) is 0. The van der Waals surface area contributed by atoms with Gasteiger partial charge in [0.1, 0.15) is 11.3 Å². The van der Waals surface area contributed by atoms with Crippen molar-refractivity contribution in [2.45, 2.75) is 25.9 Å². The molecule has 158 valence electrons. The van der Waals surface area contributed by atoms with E-state index >= 15 is 0 Å². The molecular weight excluding hydrogens is 388 g/mol. The average molecular weight is 415 g/mol. The van der Waals surface area contributed by atoms with E-state index in [0.29, 0.717) is 5.56 Å². The van der Waals surface area contributed by atoms with E-state index in [1.807, 2.05) is 74.5 Å². The van der Waals surface area contributed by atoms with E-state index in [1.54, 1.807) is 12.1 Å². The van der Waals surface area contributed by atoms with Gasteiger partial charge in [0.2, 0.25) is 0 Å². The lowest BCUT2D eigenvalue weighted by molar-refractivity contribution is -0.124. The first-order valence-electron chi connectivity index (χ1n) is 10.2. The van der Waals surface area contributed by atoms with Crippen LogP contribution in [0.5, 0.6) is 5.75 Å². The number of amides is 2. The van der Waals surface area contributed by atoms with E-state index in [9.17, 15) is 14.7 Å². The van der Waals surface area contributed by atoms with Gasteiger partial charge in [0.05, 0.1) is 12.1 Å². The Morgan fingerprint density at radius 2 is 1.23 bits per heavy atom. The monoisotopic (exact) mass is 414 g/mol. The van der Waals surface area contributed by atoms with Crippen molar-refractivity contribution in [2.24, 2.45) is 0 Å². The zero-order chi connectivity index (χ0) is 22.2. The predicted octanol–water partition coefficient (Wildman–Crippen LogP) is 4.53. The Morgan fingerprint density at radius 1 is 0.742 bits per heavy atom. The first-order valence-corrected chi connectivity index (χ1v) is 10.2. The molecule has 31 heavy (non-hydrogen) atoms. The number of hydrogen-bond donors (Lipinski definition) is 3. The maximum Gasteiger partial charge on any atom is 0.257 e. The maximum absolute atomic E-state index is 13.1. The lowest BCUT2D eigenvalue weighted by Crippen LogP contribution is -2.36. The number of carbonyl (C=O) groups excluding carboxylic acids is 2. The first kappa shape index (κ1) is 21.8. The van der Waals surface area contributed by atoms with Crippen LogP contribution in [0.3, 0.4) is 0 Å². The number of aromatic hydroxyl groups is 1. The molecular formula is C26H26N2O3. The third-order valence-electron chi connectivity index (χ3n) is 4.96. The minimum atomic E-state index is -0.488. The van der Waals surface area contributed by atoms with Crippen LogP contribution >= 0.6 is 0 Å². The molecule has 5 heteroatoms. The Bertz CT molecular complexity index is 1000. The standard InChI is InChI=1S/C26H26N2O3/c1-18(21-11-5-3-6-12-21)27-25(30)24(17-20-10-9-15-23(29)16-20)26(31)28-19(2)22-13-7-4-8-14-22/h3-19,29H,1-2H3,(H,27,30)(H,28,31). The Balaban J connectivity index is 1.85. The Morgan fingerprint density at radius 3 is 1.68 bits per heavy atom. The molecule has 3 aromatic carbocycles. The summed E-state index contributed by atoms with van der Waals surface area (Å²) in [6.45, 7) is 3.73. The SMILES string of the molecule is CC(NC(=O)C(=Cc1cccc(O)c1)C(=O)NC(C)c1ccccc1)c1ccccc1. The molecule has 0 heterocycles. The Hall–Kier alpha value is -3.86. The van der Waals surface area contributed by atoms with E-state index in [-0.39, 0.29) is 23.4 Å². The summed E-state index contributed by atoms with van der Waals surface area (Å²) in [5, 5.41) is 15.5. The highest BCUT2D eigenvalue weighted by atomic mass is 16.3.